The number of ether oxygens (including phenoxy) is 1. The monoisotopic (exact) mass is 479 g/mol. The molecule has 9 nitrogen and oxygen atoms in total. The van der Waals surface area contributed by atoms with Crippen molar-refractivity contribution in [3.63, 3.8) is 0 Å². The average Bonchev–Trinajstić information content (AvgIpc) is 2.87. The Bertz CT molecular complexity index is 1030. The largest absolute Gasteiger partial charge is 0.497 e. The molecule has 2 aliphatic rings. The predicted molar refractivity (Wildman–Crippen MR) is 135 cm³/mol. The Hall–Kier alpha value is -3.59. The van der Waals surface area contributed by atoms with Crippen LogP contribution in [0, 0.1) is 6.92 Å². The van der Waals surface area contributed by atoms with E-state index >= 15 is 0 Å². The minimum Gasteiger partial charge on any atom is -0.497 e. The maximum Gasteiger partial charge on any atom is 0.243 e. The first kappa shape index (κ1) is 24.5. The zero-order valence-corrected chi connectivity index (χ0v) is 20.3. The molecule has 2 aromatic carbocycles. The molecule has 0 unspecified atom stereocenters. The molecule has 2 aliphatic heterocycles. The summed E-state index contributed by atoms with van der Waals surface area (Å²) in [6.45, 7) is 6.11. The van der Waals surface area contributed by atoms with E-state index in [1.807, 2.05) is 55.5 Å². The average molecular weight is 480 g/mol. The van der Waals surface area contributed by atoms with Crippen LogP contribution in [0.3, 0.4) is 0 Å². The van der Waals surface area contributed by atoms with Crippen molar-refractivity contribution >= 4 is 29.1 Å². The zero-order chi connectivity index (χ0) is 24.8. The maximum atomic E-state index is 13.2. The van der Waals surface area contributed by atoms with Gasteiger partial charge in [-0.3, -0.25) is 19.3 Å². The topological polar surface area (TPSA) is 94.2 Å². The summed E-state index contributed by atoms with van der Waals surface area (Å²) in [5.74, 6) is 0.131. The minimum absolute atomic E-state index is 0.0727. The summed E-state index contributed by atoms with van der Waals surface area (Å²) < 4.78 is 5.23. The van der Waals surface area contributed by atoms with Gasteiger partial charge in [-0.15, -0.1) is 0 Å². The van der Waals surface area contributed by atoms with Gasteiger partial charge >= 0.3 is 0 Å². The van der Waals surface area contributed by atoms with Gasteiger partial charge < -0.3 is 25.2 Å². The predicted octanol–water partition coefficient (Wildman–Crippen LogP) is 1.48. The van der Waals surface area contributed by atoms with Crippen molar-refractivity contribution in [2.75, 3.05) is 63.1 Å². The number of amides is 3. The fourth-order valence-electron chi connectivity index (χ4n) is 4.48. The fourth-order valence-corrected chi connectivity index (χ4v) is 4.48. The highest BCUT2D eigenvalue weighted by atomic mass is 16.5. The molecule has 2 fully saturated rings. The molecule has 0 aromatic heterocycles. The van der Waals surface area contributed by atoms with Crippen LogP contribution in [0.4, 0.5) is 11.4 Å². The van der Waals surface area contributed by atoms with Gasteiger partial charge in [0.05, 0.1) is 20.1 Å². The van der Waals surface area contributed by atoms with Crippen LogP contribution in [0.1, 0.15) is 12.0 Å². The molecule has 0 bridgehead atoms. The van der Waals surface area contributed by atoms with Gasteiger partial charge in [0.2, 0.25) is 17.7 Å². The van der Waals surface area contributed by atoms with Gasteiger partial charge in [-0.05, 0) is 43.3 Å². The standard InChI is InChI=1S/C26H33N5O4/c1-19-3-5-20(6-4-19)28-24(32)17-23-26(34)27-11-12-31(23)25(33)18-29-13-15-30(16-14-29)21-7-9-22(35-2)10-8-21/h3-10,23H,11-18H2,1-2H3,(H,27,34)(H,28,32)/t23-/m0/s1. The number of piperazine rings is 2. The van der Waals surface area contributed by atoms with Crippen molar-refractivity contribution in [1.82, 2.24) is 15.1 Å². The van der Waals surface area contributed by atoms with Crippen molar-refractivity contribution in [1.29, 1.82) is 0 Å². The second-order valence-corrected chi connectivity index (χ2v) is 8.97. The molecule has 35 heavy (non-hydrogen) atoms. The van der Waals surface area contributed by atoms with Crippen molar-refractivity contribution < 1.29 is 19.1 Å². The first-order chi connectivity index (χ1) is 16.9. The van der Waals surface area contributed by atoms with Gasteiger partial charge in [-0.1, -0.05) is 17.7 Å². The molecule has 9 heteroatoms. The van der Waals surface area contributed by atoms with Gasteiger partial charge in [-0.25, -0.2) is 0 Å². The highest BCUT2D eigenvalue weighted by molar-refractivity contribution is 5.97. The normalized spacial score (nSPS) is 18.7. The number of carbonyl (C=O) groups is 3. The number of nitrogens with zero attached hydrogens (tertiary/aromatic N) is 3. The second kappa shape index (κ2) is 11.2. The zero-order valence-electron chi connectivity index (χ0n) is 20.3. The molecule has 2 aromatic rings. The van der Waals surface area contributed by atoms with Crippen molar-refractivity contribution in [2.24, 2.45) is 0 Å². The Kier molecular flexibility index (Phi) is 7.87. The van der Waals surface area contributed by atoms with E-state index in [-0.39, 0.29) is 30.7 Å². The number of methoxy groups -OCH3 is 1. The smallest absolute Gasteiger partial charge is 0.243 e. The number of anilines is 2. The van der Waals surface area contributed by atoms with E-state index in [9.17, 15) is 14.4 Å². The molecule has 2 saturated heterocycles. The Morgan fingerprint density at radius 3 is 2.34 bits per heavy atom. The van der Waals surface area contributed by atoms with Crippen LogP contribution in [0.25, 0.3) is 0 Å². The maximum absolute atomic E-state index is 13.2. The molecule has 4 rings (SSSR count). The summed E-state index contributed by atoms with van der Waals surface area (Å²) in [6.07, 6.45) is -0.0727. The van der Waals surface area contributed by atoms with E-state index in [0.717, 1.165) is 43.2 Å². The van der Waals surface area contributed by atoms with Gasteiger partial charge in [0.15, 0.2) is 0 Å². The lowest BCUT2D eigenvalue weighted by Gasteiger charge is -2.39. The van der Waals surface area contributed by atoms with Crippen molar-refractivity contribution in [3.05, 3.63) is 54.1 Å². The summed E-state index contributed by atoms with van der Waals surface area (Å²) in [4.78, 5) is 44.3. The van der Waals surface area contributed by atoms with Crippen molar-refractivity contribution in [2.45, 2.75) is 19.4 Å². The SMILES string of the molecule is COc1ccc(N2CCN(CC(=O)N3CCNC(=O)[C@@H]3CC(=O)Nc3ccc(C)cc3)CC2)cc1. The van der Waals surface area contributed by atoms with E-state index in [4.69, 9.17) is 4.74 Å². The molecule has 186 valence electrons. The molecule has 0 saturated carbocycles. The highest BCUT2D eigenvalue weighted by Gasteiger charge is 2.35. The fraction of sp³-hybridized carbons (Fsp3) is 0.423. The minimum atomic E-state index is -0.803. The van der Waals surface area contributed by atoms with Gasteiger partial charge in [0, 0.05) is 50.6 Å². The van der Waals surface area contributed by atoms with Crippen molar-refractivity contribution in [3.8, 4) is 5.75 Å². The lowest BCUT2D eigenvalue weighted by Crippen LogP contribution is -2.60. The molecular formula is C26H33N5O4. The summed E-state index contributed by atoms with van der Waals surface area (Å²) in [7, 11) is 1.65. The first-order valence-corrected chi connectivity index (χ1v) is 12.0. The Morgan fingerprint density at radius 1 is 1.00 bits per heavy atom. The van der Waals surface area contributed by atoms with E-state index in [1.165, 1.54) is 0 Å². The molecule has 0 spiro atoms. The summed E-state index contributed by atoms with van der Waals surface area (Å²) >= 11 is 0. The molecule has 0 aliphatic carbocycles. The lowest BCUT2D eigenvalue weighted by atomic mass is 10.1. The molecule has 0 radical (unpaired) electrons. The quantitative estimate of drug-likeness (QED) is 0.625. The number of aryl methyl sites for hydroxylation is 1. The summed E-state index contributed by atoms with van der Waals surface area (Å²) in [5.41, 5.74) is 2.89. The molecular weight excluding hydrogens is 446 g/mol. The van der Waals surface area contributed by atoms with Crippen LogP contribution in [0.15, 0.2) is 48.5 Å². The van der Waals surface area contributed by atoms with Crippen LogP contribution in [0.2, 0.25) is 0 Å². The van der Waals surface area contributed by atoms with E-state index in [2.05, 4.69) is 20.4 Å². The number of benzene rings is 2. The van der Waals surface area contributed by atoms with E-state index < -0.39 is 6.04 Å². The van der Waals surface area contributed by atoms with Gasteiger partial charge in [0.1, 0.15) is 11.8 Å². The van der Waals surface area contributed by atoms with Crippen LogP contribution in [-0.2, 0) is 14.4 Å². The third kappa shape index (κ3) is 6.30. The molecule has 1 atom stereocenters. The Morgan fingerprint density at radius 2 is 1.69 bits per heavy atom. The van der Waals surface area contributed by atoms with Crippen LogP contribution in [0.5, 0.6) is 5.75 Å². The Balaban J connectivity index is 1.31. The lowest BCUT2D eigenvalue weighted by molar-refractivity contribution is -0.145. The van der Waals surface area contributed by atoms with Crippen LogP contribution in [-0.4, -0.2) is 86.5 Å². The van der Waals surface area contributed by atoms with E-state index in [1.54, 1.807) is 12.0 Å². The molecule has 2 heterocycles. The van der Waals surface area contributed by atoms with Crippen LogP contribution < -0.4 is 20.3 Å². The molecule has 2 N–H and O–H groups in total. The van der Waals surface area contributed by atoms with Gasteiger partial charge in [0.25, 0.3) is 0 Å². The van der Waals surface area contributed by atoms with E-state index in [0.29, 0.717) is 18.8 Å². The number of rotatable bonds is 7. The third-order valence-electron chi connectivity index (χ3n) is 6.53. The van der Waals surface area contributed by atoms with Crippen LogP contribution >= 0.6 is 0 Å². The van der Waals surface area contributed by atoms with Gasteiger partial charge in [-0.2, -0.15) is 0 Å². The summed E-state index contributed by atoms with van der Waals surface area (Å²) in [6, 6.07) is 14.6. The molecule has 3 amide bonds. The number of hydrogen-bond donors (Lipinski definition) is 2. The number of nitrogens with one attached hydrogen (secondary N) is 2. The highest BCUT2D eigenvalue weighted by Crippen LogP contribution is 2.21. The number of carbonyl (C=O) groups excluding carboxylic acids is 3. The Labute approximate surface area is 206 Å². The third-order valence-corrected chi connectivity index (χ3v) is 6.53. The second-order valence-electron chi connectivity index (χ2n) is 8.97. The number of hydrogen-bond acceptors (Lipinski definition) is 6. The summed E-state index contributed by atoms with van der Waals surface area (Å²) in [5, 5.41) is 5.61. The first-order valence-electron chi connectivity index (χ1n) is 12.0.